The maximum atomic E-state index is 12.1. The Balaban J connectivity index is 1.97. The number of carboxylic acids is 1. The Morgan fingerprint density at radius 3 is 2.43 bits per heavy atom. The number of hydrogen-bond donors (Lipinski definition) is 2. The highest BCUT2D eigenvalue weighted by Crippen LogP contribution is 2.36. The highest BCUT2D eigenvalue weighted by atomic mass is 32.1. The standard InChI is InChI=1S/C17H13NO3S2/c1-10-2-4-11(5-3-10)15-14(17(20)21)13(9-23-15)18-16(19)12-6-7-22-8-12/h2-9H,1H3,(H,18,19)(H,20,21). The van der Waals surface area contributed by atoms with Crippen molar-refractivity contribution in [2.75, 3.05) is 5.32 Å². The monoisotopic (exact) mass is 343 g/mol. The predicted octanol–water partition coefficient (Wildman–Crippen LogP) is 4.74. The van der Waals surface area contributed by atoms with Crippen LogP contribution in [0.5, 0.6) is 0 Å². The molecular formula is C17H13NO3S2. The topological polar surface area (TPSA) is 66.4 Å². The van der Waals surface area contributed by atoms with Crippen LogP contribution in [0, 0.1) is 6.92 Å². The van der Waals surface area contributed by atoms with Crippen LogP contribution in [0.3, 0.4) is 0 Å². The van der Waals surface area contributed by atoms with Gasteiger partial charge in [-0.05, 0) is 23.9 Å². The third-order valence-electron chi connectivity index (χ3n) is 3.35. The summed E-state index contributed by atoms with van der Waals surface area (Å²) in [4.78, 5) is 24.5. The number of nitrogens with one attached hydrogen (secondary N) is 1. The molecule has 0 aliphatic carbocycles. The Hall–Kier alpha value is -2.44. The van der Waals surface area contributed by atoms with Crippen LogP contribution >= 0.6 is 22.7 Å². The lowest BCUT2D eigenvalue weighted by molar-refractivity contribution is 0.0699. The van der Waals surface area contributed by atoms with Crippen LogP contribution < -0.4 is 5.32 Å². The van der Waals surface area contributed by atoms with Crippen LogP contribution in [0.4, 0.5) is 5.69 Å². The molecule has 0 aliphatic heterocycles. The van der Waals surface area contributed by atoms with Crippen molar-refractivity contribution >= 4 is 40.2 Å². The lowest BCUT2D eigenvalue weighted by Gasteiger charge is -2.05. The summed E-state index contributed by atoms with van der Waals surface area (Å²) in [7, 11) is 0. The smallest absolute Gasteiger partial charge is 0.339 e. The summed E-state index contributed by atoms with van der Waals surface area (Å²) in [6, 6.07) is 9.35. The molecule has 0 unspecified atom stereocenters. The molecule has 3 rings (SSSR count). The molecule has 3 aromatic rings. The van der Waals surface area contributed by atoms with Gasteiger partial charge < -0.3 is 10.4 Å². The minimum absolute atomic E-state index is 0.127. The zero-order valence-electron chi connectivity index (χ0n) is 12.2. The Bertz CT molecular complexity index is 849. The van der Waals surface area contributed by atoms with E-state index in [1.165, 1.54) is 22.7 Å². The SMILES string of the molecule is Cc1ccc(-c2scc(NC(=O)c3ccsc3)c2C(=O)O)cc1. The summed E-state index contributed by atoms with van der Waals surface area (Å²) in [6.07, 6.45) is 0. The van der Waals surface area contributed by atoms with Gasteiger partial charge in [0, 0.05) is 10.8 Å². The summed E-state index contributed by atoms with van der Waals surface area (Å²) >= 11 is 2.73. The molecule has 2 N–H and O–H groups in total. The molecule has 116 valence electrons. The van der Waals surface area contributed by atoms with Gasteiger partial charge in [0.1, 0.15) is 5.56 Å². The summed E-state index contributed by atoms with van der Waals surface area (Å²) in [5.41, 5.74) is 2.91. The number of carbonyl (C=O) groups excluding carboxylic acids is 1. The van der Waals surface area contributed by atoms with Gasteiger partial charge in [-0.25, -0.2) is 4.79 Å². The third-order valence-corrected chi connectivity index (χ3v) is 5.06. The molecule has 0 saturated heterocycles. The minimum Gasteiger partial charge on any atom is -0.478 e. The second kappa shape index (κ2) is 6.36. The molecule has 23 heavy (non-hydrogen) atoms. The van der Waals surface area contributed by atoms with Gasteiger partial charge in [0.25, 0.3) is 5.91 Å². The fraction of sp³-hybridized carbons (Fsp3) is 0.0588. The molecule has 0 spiro atoms. The van der Waals surface area contributed by atoms with Crippen LogP contribution in [0.2, 0.25) is 0 Å². The van der Waals surface area contributed by atoms with Crippen molar-refractivity contribution in [2.45, 2.75) is 6.92 Å². The number of rotatable bonds is 4. The van der Waals surface area contributed by atoms with Crippen molar-refractivity contribution in [1.82, 2.24) is 0 Å². The molecule has 0 bridgehead atoms. The first kappa shape index (κ1) is 15.5. The first-order valence-electron chi connectivity index (χ1n) is 6.81. The number of amides is 1. The molecule has 0 saturated carbocycles. The fourth-order valence-electron chi connectivity index (χ4n) is 2.17. The van der Waals surface area contributed by atoms with Gasteiger partial charge in [0.2, 0.25) is 0 Å². The Morgan fingerprint density at radius 2 is 1.83 bits per heavy atom. The van der Waals surface area contributed by atoms with E-state index in [0.717, 1.165) is 11.1 Å². The fourth-order valence-corrected chi connectivity index (χ4v) is 3.80. The van der Waals surface area contributed by atoms with Gasteiger partial charge in [-0.1, -0.05) is 29.8 Å². The number of carboxylic acid groups (broad SMARTS) is 1. The van der Waals surface area contributed by atoms with E-state index in [0.29, 0.717) is 16.1 Å². The van der Waals surface area contributed by atoms with Crippen molar-refractivity contribution in [3.63, 3.8) is 0 Å². The quantitative estimate of drug-likeness (QED) is 0.719. The molecule has 0 atom stereocenters. The molecule has 6 heteroatoms. The molecule has 0 fully saturated rings. The number of thiophene rings is 2. The van der Waals surface area contributed by atoms with Crippen molar-refractivity contribution in [2.24, 2.45) is 0 Å². The molecule has 4 nitrogen and oxygen atoms in total. The lowest BCUT2D eigenvalue weighted by Crippen LogP contribution is -2.13. The molecular weight excluding hydrogens is 330 g/mol. The molecule has 0 aliphatic rings. The maximum Gasteiger partial charge on any atom is 0.339 e. The van der Waals surface area contributed by atoms with Crippen molar-refractivity contribution in [1.29, 1.82) is 0 Å². The van der Waals surface area contributed by atoms with E-state index in [9.17, 15) is 14.7 Å². The predicted molar refractivity (Wildman–Crippen MR) is 93.7 cm³/mol. The van der Waals surface area contributed by atoms with E-state index in [1.54, 1.807) is 22.2 Å². The van der Waals surface area contributed by atoms with E-state index in [-0.39, 0.29) is 11.5 Å². The first-order chi connectivity index (χ1) is 11.1. The Kier molecular flexibility index (Phi) is 4.27. The maximum absolute atomic E-state index is 12.1. The van der Waals surface area contributed by atoms with Gasteiger partial charge in [-0.3, -0.25) is 4.79 Å². The zero-order chi connectivity index (χ0) is 16.4. The molecule has 1 amide bonds. The van der Waals surface area contributed by atoms with Crippen LogP contribution in [-0.4, -0.2) is 17.0 Å². The second-order valence-electron chi connectivity index (χ2n) is 4.99. The Labute approximate surface area is 141 Å². The van der Waals surface area contributed by atoms with E-state index >= 15 is 0 Å². The summed E-state index contributed by atoms with van der Waals surface area (Å²) in [6.45, 7) is 1.98. The van der Waals surface area contributed by atoms with Gasteiger partial charge in [0.15, 0.2) is 0 Å². The van der Waals surface area contributed by atoms with Crippen LogP contribution in [-0.2, 0) is 0 Å². The average molecular weight is 343 g/mol. The summed E-state index contributed by atoms with van der Waals surface area (Å²) in [5.74, 6) is -1.36. The highest BCUT2D eigenvalue weighted by molar-refractivity contribution is 7.14. The second-order valence-corrected chi connectivity index (χ2v) is 6.65. The van der Waals surface area contributed by atoms with Crippen molar-refractivity contribution in [3.05, 3.63) is 63.2 Å². The number of carbonyl (C=O) groups is 2. The van der Waals surface area contributed by atoms with Gasteiger partial charge in [0.05, 0.1) is 16.1 Å². The summed E-state index contributed by atoms with van der Waals surface area (Å²) in [5, 5.41) is 17.4. The number of anilines is 1. The highest BCUT2D eigenvalue weighted by Gasteiger charge is 2.21. The molecule has 2 aromatic heterocycles. The lowest BCUT2D eigenvalue weighted by atomic mass is 10.1. The van der Waals surface area contributed by atoms with Gasteiger partial charge in [-0.15, -0.1) is 11.3 Å². The molecule has 0 radical (unpaired) electrons. The van der Waals surface area contributed by atoms with E-state index < -0.39 is 5.97 Å². The molecule has 2 heterocycles. The number of benzene rings is 1. The van der Waals surface area contributed by atoms with Crippen molar-refractivity contribution in [3.8, 4) is 10.4 Å². The van der Waals surface area contributed by atoms with Gasteiger partial charge in [-0.2, -0.15) is 11.3 Å². The Morgan fingerprint density at radius 1 is 1.09 bits per heavy atom. The van der Waals surface area contributed by atoms with E-state index in [1.807, 2.05) is 31.2 Å². The van der Waals surface area contributed by atoms with Crippen LogP contribution in [0.15, 0.2) is 46.5 Å². The van der Waals surface area contributed by atoms with Gasteiger partial charge >= 0.3 is 5.97 Å². The minimum atomic E-state index is -1.05. The average Bonchev–Trinajstić information content (AvgIpc) is 3.17. The number of aryl methyl sites for hydroxylation is 1. The zero-order valence-corrected chi connectivity index (χ0v) is 13.8. The number of hydrogen-bond acceptors (Lipinski definition) is 4. The third kappa shape index (κ3) is 3.18. The number of aromatic carboxylic acids is 1. The first-order valence-corrected chi connectivity index (χ1v) is 8.64. The normalized spacial score (nSPS) is 10.5. The van der Waals surface area contributed by atoms with E-state index in [2.05, 4.69) is 5.32 Å². The summed E-state index contributed by atoms with van der Waals surface area (Å²) < 4.78 is 0. The van der Waals surface area contributed by atoms with Crippen LogP contribution in [0.25, 0.3) is 10.4 Å². The largest absolute Gasteiger partial charge is 0.478 e. The molecule has 1 aromatic carbocycles. The van der Waals surface area contributed by atoms with Crippen LogP contribution in [0.1, 0.15) is 26.3 Å². The van der Waals surface area contributed by atoms with Crippen molar-refractivity contribution < 1.29 is 14.7 Å². The van der Waals surface area contributed by atoms with E-state index in [4.69, 9.17) is 0 Å².